The van der Waals surface area contributed by atoms with Gasteiger partial charge in [-0.05, 0) is 6.07 Å². The zero-order valence-electron chi connectivity index (χ0n) is 9.38. The molecule has 18 heavy (non-hydrogen) atoms. The van der Waals surface area contributed by atoms with E-state index in [1.54, 1.807) is 18.6 Å². The number of thioether (sulfide) groups is 1. The van der Waals surface area contributed by atoms with Crippen molar-refractivity contribution in [2.45, 2.75) is 11.1 Å². The molecule has 1 aromatic carbocycles. The molecule has 1 unspecified atom stereocenters. The third kappa shape index (κ3) is 3.24. The van der Waals surface area contributed by atoms with Gasteiger partial charge in [-0.15, -0.1) is 11.8 Å². The maximum Gasteiger partial charge on any atom is 0.130 e. The molecule has 0 bridgehead atoms. The number of aromatic nitrogens is 2. The highest BCUT2D eigenvalue weighted by molar-refractivity contribution is 7.99. The third-order valence-electron chi connectivity index (χ3n) is 2.31. The van der Waals surface area contributed by atoms with Crippen LogP contribution in [-0.4, -0.2) is 15.7 Å². The van der Waals surface area contributed by atoms with E-state index in [1.807, 2.05) is 0 Å². The van der Waals surface area contributed by atoms with E-state index in [4.69, 9.17) is 5.73 Å². The first-order chi connectivity index (χ1) is 8.66. The Balaban J connectivity index is 2.01. The largest absolute Gasteiger partial charge is 0.323 e. The van der Waals surface area contributed by atoms with Gasteiger partial charge in [0, 0.05) is 35.8 Å². The molecule has 0 amide bonds. The Kier molecular flexibility index (Phi) is 4.22. The highest BCUT2D eigenvalue weighted by Crippen LogP contribution is 2.23. The molecule has 0 aliphatic heterocycles. The van der Waals surface area contributed by atoms with Crippen molar-refractivity contribution < 1.29 is 8.78 Å². The third-order valence-corrected chi connectivity index (χ3v) is 3.34. The van der Waals surface area contributed by atoms with Gasteiger partial charge in [0.1, 0.15) is 16.7 Å². The molecule has 0 fully saturated rings. The SMILES string of the molecule is NC(CSc1cnccn1)c1ccc(F)cc1F. The first kappa shape index (κ1) is 12.9. The minimum Gasteiger partial charge on any atom is -0.323 e. The average Bonchev–Trinajstić information content (AvgIpc) is 2.37. The van der Waals surface area contributed by atoms with Crippen LogP contribution in [0.1, 0.15) is 11.6 Å². The van der Waals surface area contributed by atoms with Gasteiger partial charge >= 0.3 is 0 Å². The second-order valence-electron chi connectivity index (χ2n) is 3.63. The van der Waals surface area contributed by atoms with Gasteiger partial charge in [0.15, 0.2) is 0 Å². The molecule has 1 aromatic heterocycles. The second-order valence-corrected chi connectivity index (χ2v) is 4.67. The highest BCUT2D eigenvalue weighted by Gasteiger charge is 2.12. The van der Waals surface area contributed by atoms with Crippen molar-refractivity contribution in [2.24, 2.45) is 5.73 Å². The summed E-state index contributed by atoms with van der Waals surface area (Å²) in [5, 5.41) is 0.718. The zero-order valence-corrected chi connectivity index (χ0v) is 10.2. The van der Waals surface area contributed by atoms with E-state index in [9.17, 15) is 8.78 Å². The summed E-state index contributed by atoms with van der Waals surface area (Å²) in [6.07, 6.45) is 4.76. The van der Waals surface area contributed by atoms with Crippen LogP contribution in [0.4, 0.5) is 8.78 Å². The van der Waals surface area contributed by atoms with Gasteiger partial charge in [-0.25, -0.2) is 13.8 Å². The van der Waals surface area contributed by atoms with Crippen molar-refractivity contribution in [3.8, 4) is 0 Å². The summed E-state index contributed by atoms with van der Waals surface area (Å²) >= 11 is 1.38. The van der Waals surface area contributed by atoms with E-state index in [-0.39, 0.29) is 0 Å². The molecule has 0 spiro atoms. The molecule has 0 saturated heterocycles. The monoisotopic (exact) mass is 267 g/mol. The smallest absolute Gasteiger partial charge is 0.130 e. The summed E-state index contributed by atoms with van der Waals surface area (Å²) in [5.41, 5.74) is 6.16. The standard InChI is InChI=1S/C12H11F2N3S/c13-8-1-2-9(10(14)5-8)11(15)7-18-12-6-16-3-4-17-12/h1-6,11H,7,15H2. The van der Waals surface area contributed by atoms with Crippen molar-refractivity contribution >= 4 is 11.8 Å². The molecule has 0 aliphatic carbocycles. The summed E-state index contributed by atoms with van der Waals surface area (Å²) in [6.45, 7) is 0. The van der Waals surface area contributed by atoms with Crippen LogP contribution >= 0.6 is 11.8 Å². The normalized spacial score (nSPS) is 12.4. The topological polar surface area (TPSA) is 51.8 Å². The number of hydrogen-bond donors (Lipinski definition) is 1. The molecule has 3 nitrogen and oxygen atoms in total. The van der Waals surface area contributed by atoms with Crippen LogP contribution in [0.5, 0.6) is 0 Å². The predicted molar refractivity (Wildman–Crippen MR) is 66.0 cm³/mol. The van der Waals surface area contributed by atoms with Gasteiger partial charge in [-0.3, -0.25) is 4.98 Å². The number of benzene rings is 1. The van der Waals surface area contributed by atoms with E-state index < -0.39 is 17.7 Å². The molecule has 1 heterocycles. The predicted octanol–water partition coefficient (Wildman–Crippen LogP) is 2.55. The zero-order chi connectivity index (χ0) is 13.0. The summed E-state index contributed by atoms with van der Waals surface area (Å²) in [5.74, 6) is -0.784. The van der Waals surface area contributed by atoms with E-state index in [0.29, 0.717) is 11.3 Å². The molecule has 0 aliphatic rings. The van der Waals surface area contributed by atoms with Crippen LogP contribution in [0.3, 0.4) is 0 Å². The van der Waals surface area contributed by atoms with E-state index in [0.717, 1.165) is 11.1 Å². The summed E-state index contributed by atoms with van der Waals surface area (Å²) in [6, 6.07) is 2.89. The lowest BCUT2D eigenvalue weighted by Gasteiger charge is -2.12. The minimum absolute atomic E-state index is 0.299. The Morgan fingerprint density at radius 1 is 1.28 bits per heavy atom. The fourth-order valence-electron chi connectivity index (χ4n) is 1.43. The average molecular weight is 267 g/mol. The van der Waals surface area contributed by atoms with Crippen LogP contribution in [0.2, 0.25) is 0 Å². The van der Waals surface area contributed by atoms with Crippen molar-refractivity contribution in [3.63, 3.8) is 0 Å². The lowest BCUT2D eigenvalue weighted by molar-refractivity contribution is 0.563. The maximum absolute atomic E-state index is 13.5. The van der Waals surface area contributed by atoms with E-state index in [1.165, 1.54) is 23.9 Å². The van der Waals surface area contributed by atoms with Crippen molar-refractivity contribution in [1.82, 2.24) is 9.97 Å². The van der Waals surface area contributed by atoms with Gasteiger partial charge in [-0.1, -0.05) is 6.07 Å². The van der Waals surface area contributed by atoms with Gasteiger partial charge in [0.2, 0.25) is 0 Å². The Labute approximate surface area is 107 Å². The van der Waals surface area contributed by atoms with Crippen molar-refractivity contribution in [3.05, 3.63) is 54.0 Å². The van der Waals surface area contributed by atoms with E-state index in [2.05, 4.69) is 9.97 Å². The summed E-state index contributed by atoms with van der Waals surface area (Å²) in [4.78, 5) is 7.99. The molecular weight excluding hydrogens is 256 g/mol. The van der Waals surface area contributed by atoms with Gasteiger partial charge < -0.3 is 5.73 Å². The fraction of sp³-hybridized carbons (Fsp3) is 0.167. The Morgan fingerprint density at radius 3 is 2.78 bits per heavy atom. The quantitative estimate of drug-likeness (QED) is 0.865. The fourth-order valence-corrected chi connectivity index (χ4v) is 2.23. The minimum atomic E-state index is -0.623. The maximum atomic E-state index is 13.5. The molecule has 1 atom stereocenters. The number of hydrogen-bond acceptors (Lipinski definition) is 4. The second kappa shape index (κ2) is 5.88. The lowest BCUT2D eigenvalue weighted by atomic mass is 10.1. The molecule has 94 valence electrons. The summed E-state index contributed by atoms with van der Waals surface area (Å²) < 4.78 is 26.2. The van der Waals surface area contributed by atoms with Crippen molar-refractivity contribution in [1.29, 1.82) is 0 Å². The van der Waals surface area contributed by atoms with Crippen LogP contribution in [0.25, 0.3) is 0 Å². The van der Waals surface area contributed by atoms with Gasteiger partial charge in [0.05, 0.1) is 6.20 Å². The first-order valence-corrected chi connectivity index (χ1v) is 6.24. The van der Waals surface area contributed by atoms with Crippen molar-refractivity contribution in [2.75, 3.05) is 5.75 Å². The lowest BCUT2D eigenvalue weighted by Crippen LogP contribution is -2.15. The number of halogens is 2. The Morgan fingerprint density at radius 2 is 2.11 bits per heavy atom. The highest BCUT2D eigenvalue weighted by atomic mass is 32.2. The molecule has 2 aromatic rings. The first-order valence-electron chi connectivity index (χ1n) is 5.26. The molecule has 2 N–H and O–H groups in total. The molecule has 0 saturated carbocycles. The Hall–Kier alpha value is -1.53. The molecular formula is C12H11F2N3S. The van der Waals surface area contributed by atoms with Gasteiger partial charge in [0.25, 0.3) is 0 Å². The molecule has 0 radical (unpaired) electrons. The summed E-state index contributed by atoms with van der Waals surface area (Å²) in [7, 11) is 0. The van der Waals surface area contributed by atoms with Crippen LogP contribution < -0.4 is 5.73 Å². The number of rotatable bonds is 4. The van der Waals surface area contributed by atoms with Gasteiger partial charge in [-0.2, -0.15) is 0 Å². The van der Waals surface area contributed by atoms with E-state index >= 15 is 0 Å². The van der Waals surface area contributed by atoms with Crippen LogP contribution in [0.15, 0.2) is 41.8 Å². The Bertz CT molecular complexity index is 522. The van der Waals surface area contributed by atoms with Crippen LogP contribution in [-0.2, 0) is 0 Å². The molecule has 2 rings (SSSR count). The number of nitrogens with two attached hydrogens (primary N) is 1. The number of nitrogens with zero attached hydrogens (tertiary/aromatic N) is 2. The molecule has 6 heteroatoms. The van der Waals surface area contributed by atoms with Crippen LogP contribution in [0, 0.1) is 11.6 Å².